The number of ether oxygens (including phenoxy) is 1. The van der Waals surface area contributed by atoms with Crippen LogP contribution in [0.1, 0.15) is 5.56 Å². The van der Waals surface area contributed by atoms with Crippen LogP contribution in [0.4, 0.5) is 5.69 Å². The van der Waals surface area contributed by atoms with Crippen LogP contribution in [0.3, 0.4) is 0 Å². The number of carbonyl (C=O) groups is 1. The van der Waals surface area contributed by atoms with Gasteiger partial charge < -0.3 is 9.64 Å². The maximum atomic E-state index is 13.0. The van der Waals surface area contributed by atoms with E-state index in [1.807, 2.05) is 54.6 Å². The molecule has 7 heteroatoms. The second-order valence-electron chi connectivity index (χ2n) is 7.16. The summed E-state index contributed by atoms with van der Waals surface area (Å²) in [5, 5.41) is 0. The zero-order chi connectivity index (χ0) is 20.7. The Balaban J connectivity index is 1.44. The summed E-state index contributed by atoms with van der Waals surface area (Å²) in [6.45, 7) is 0.620. The third-order valence-electron chi connectivity index (χ3n) is 5.37. The second-order valence-corrected chi connectivity index (χ2v) is 8.21. The quantitative estimate of drug-likeness (QED) is 0.508. The van der Waals surface area contributed by atoms with Gasteiger partial charge in [-0.25, -0.2) is 4.98 Å². The number of nitrogens with zero attached hydrogens (tertiary/aromatic N) is 3. The lowest BCUT2D eigenvalue weighted by Crippen LogP contribution is -2.35. The van der Waals surface area contributed by atoms with Crippen LogP contribution in [-0.4, -0.2) is 29.1 Å². The highest BCUT2D eigenvalue weighted by Crippen LogP contribution is 2.32. The zero-order valence-corrected chi connectivity index (χ0v) is 17.2. The van der Waals surface area contributed by atoms with Crippen molar-refractivity contribution in [3.05, 3.63) is 76.8 Å². The van der Waals surface area contributed by atoms with Crippen LogP contribution in [0.2, 0.25) is 0 Å². The number of fused-ring (bicyclic) bond motifs is 2. The van der Waals surface area contributed by atoms with Gasteiger partial charge in [-0.15, -0.1) is 11.3 Å². The molecule has 30 heavy (non-hydrogen) atoms. The van der Waals surface area contributed by atoms with Crippen LogP contribution >= 0.6 is 11.3 Å². The van der Waals surface area contributed by atoms with Crippen LogP contribution in [0.15, 0.2) is 65.7 Å². The van der Waals surface area contributed by atoms with Gasteiger partial charge in [-0.1, -0.05) is 18.2 Å². The smallest absolute Gasteiger partial charge is 0.271 e. The van der Waals surface area contributed by atoms with Gasteiger partial charge in [0.05, 0.1) is 19.0 Å². The molecule has 0 bridgehead atoms. The Morgan fingerprint density at radius 3 is 2.77 bits per heavy atom. The van der Waals surface area contributed by atoms with Gasteiger partial charge in [0.1, 0.15) is 17.0 Å². The molecule has 1 aliphatic rings. The summed E-state index contributed by atoms with van der Waals surface area (Å²) in [5.74, 6) is 0.678. The molecule has 2 aromatic heterocycles. The van der Waals surface area contributed by atoms with Crippen molar-refractivity contribution in [3.8, 4) is 16.2 Å². The number of anilines is 1. The molecule has 0 spiro atoms. The largest absolute Gasteiger partial charge is 0.497 e. The molecule has 0 atom stereocenters. The Morgan fingerprint density at radius 2 is 1.97 bits per heavy atom. The molecule has 1 aliphatic heterocycles. The van der Waals surface area contributed by atoms with Crippen molar-refractivity contribution in [1.29, 1.82) is 0 Å². The van der Waals surface area contributed by atoms with E-state index in [0.717, 1.165) is 33.9 Å². The molecule has 0 aliphatic carbocycles. The maximum Gasteiger partial charge on any atom is 0.271 e. The lowest BCUT2D eigenvalue weighted by atomic mass is 10.2. The normalized spacial score (nSPS) is 12.9. The summed E-state index contributed by atoms with van der Waals surface area (Å²) >= 11 is 1.39. The predicted molar refractivity (Wildman–Crippen MR) is 118 cm³/mol. The minimum absolute atomic E-state index is 0.0219. The molecule has 5 rings (SSSR count). The molecule has 0 fully saturated rings. The van der Waals surface area contributed by atoms with Gasteiger partial charge in [0.25, 0.3) is 5.56 Å². The fourth-order valence-electron chi connectivity index (χ4n) is 3.78. The Morgan fingerprint density at radius 1 is 1.17 bits per heavy atom. The Kier molecular flexibility index (Phi) is 4.59. The van der Waals surface area contributed by atoms with Gasteiger partial charge in [-0.2, -0.15) is 0 Å². The number of rotatable bonds is 4. The highest BCUT2D eigenvalue weighted by atomic mass is 32.1. The average molecular weight is 417 g/mol. The first kappa shape index (κ1) is 18.6. The Bertz CT molecular complexity index is 1310. The van der Waals surface area contributed by atoms with E-state index < -0.39 is 0 Å². The number of aromatic nitrogens is 2. The summed E-state index contributed by atoms with van der Waals surface area (Å²) in [5.41, 5.74) is 3.54. The van der Waals surface area contributed by atoms with Gasteiger partial charge in [0, 0.05) is 17.1 Å². The fourth-order valence-corrected chi connectivity index (χ4v) is 4.85. The maximum absolute atomic E-state index is 13.0. The number of hydrogen-bond acceptors (Lipinski definition) is 5. The molecule has 4 aromatic rings. The molecule has 0 N–H and O–H groups in total. The molecular formula is C23H19N3O3S. The molecule has 0 unspecified atom stereocenters. The lowest BCUT2D eigenvalue weighted by Gasteiger charge is -2.17. The Hall–Kier alpha value is -3.45. The molecule has 0 saturated heterocycles. The topological polar surface area (TPSA) is 64.4 Å². The van der Waals surface area contributed by atoms with E-state index in [0.29, 0.717) is 16.8 Å². The first-order chi connectivity index (χ1) is 14.6. The van der Waals surface area contributed by atoms with Gasteiger partial charge in [-0.3, -0.25) is 14.2 Å². The fraction of sp³-hybridized carbons (Fsp3) is 0.174. The highest BCUT2D eigenvalue weighted by Gasteiger charge is 2.24. The number of amides is 1. The molecule has 0 saturated carbocycles. The highest BCUT2D eigenvalue weighted by molar-refractivity contribution is 7.22. The van der Waals surface area contributed by atoms with Crippen LogP contribution < -0.4 is 15.2 Å². The van der Waals surface area contributed by atoms with Crippen molar-refractivity contribution in [2.75, 3.05) is 18.6 Å². The average Bonchev–Trinajstić information content (AvgIpc) is 3.41. The number of thiophene rings is 1. The van der Waals surface area contributed by atoms with Crippen molar-refractivity contribution in [2.45, 2.75) is 13.0 Å². The first-order valence-corrected chi connectivity index (χ1v) is 10.5. The minimum Gasteiger partial charge on any atom is -0.497 e. The summed E-state index contributed by atoms with van der Waals surface area (Å²) in [7, 11) is 1.63. The minimum atomic E-state index is -0.189. The van der Waals surface area contributed by atoms with Crippen molar-refractivity contribution in [2.24, 2.45) is 0 Å². The molecule has 6 nitrogen and oxygen atoms in total. The van der Waals surface area contributed by atoms with Crippen LogP contribution in [0.5, 0.6) is 5.75 Å². The predicted octanol–water partition coefficient (Wildman–Crippen LogP) is 3.72. The third-order valence-corrected chi connectivity index (χ3v) is 6.53. The van der Waals surface area contributed by atoms with Crippen molar-refractivity contribution >= 4 is 33.1 Å². The second kappa shape index (κ2) is 7.42. The van der Waals surface area contributed by atoms with E-state index in [-0.39, 0.29) is 18.0 Å². The number of hydrogen-bond donors (Lipinski definition) is 0. The Labute approximate surface area is 177 Å². The lowest BCUT2D eigenvalue weighted by molar-refractivity contribution is -0.119. The summed E-state index contributed by atoms with van der Waals surface area (Å²) in [6.07, 6.45) is 2.30. The molecule has 3 heterocycles. The summed E-state index contributed by atoms with van der Waals surface area (Å²) < 4.78 is 7.16. The number of benzene rings is 2. The number of carbonyl (C=O) groups excluding carboxylic acids is 1. The summed E-state index contributed by atoms with van der Waals surface area (Å²) in [6, 6.07) is 17.5. The van der Waals surface area contributed by atoms with Crippen molar-refractivity contribution < 1.29 is 9.53 Å². The van der Waals surface area contributed by atoms with E-state index in [1.165, 1.54) is 22.2 Å². The van der Waals surface area contributed by atoms with Crippen LogP contribution in [0, 0.1) is 0 Å². The number of methoxy groups -OCH3 is 1. The third kappa shape index (κ3) is 3.17. The molecule has 2 aromatic carbocycles. The number of para-hydroxylation sites is 1. The van der Waals surface area contributed by atoms with Gasteiger partial charge in [-0.05, 0) is 53.9 Å². The summed E-state index contributed by atoms with van der Waals surface area (Å²) in [4.78, 5) is 33.0. The van der Waals surface area contributed by atoms with E-state index in [2.05, 4.69) is 4.98 Å². The standard InChI is InChI=1S/C23H19N3O3S/c1-29-17-8-6-16(7-9-17)20-12-18-22(30-20)23(28)25(14-24-18)13-21(27)26-11-10-15-4-2-3-5-19(15)26/h2-9,12,14H,10-11,13H2,1H3. The molecule has 150 valence electrons. The molecule has 1 amide bonds. The van der Waals surface area contributed by atoms with E-state index >= 15 is 0 Å². The monoisotopic (exact) mass is 417 g/mol. The van der Waals surface area contributed by atoms with E-state index in [9.17, 15) is 9.59 Å². The van der Waals surface area contributed by atoms with E-state index in [1.54, 1.807) is 12.0 Å². The van der Waals surface area contributed by atoms with Crippen molar-refractivity contribution in [3.63, 3.8) is 0 Å². The molecule has 0 radical (unpaired) electrons. The van der Waals surface area contributed by atoms with Crippen LogP contribution in [0.25, 0.3) is 20.7 Å². The molecular weight excluding hydrogens is 398 g/mol. The van der Waals surface area contributed by atoms with Gasteiger partial charge in [0.2, 0.25) is 5.91 Å². The van der Waals surface area contributed by atoms with Crippen LogP contribution in [-0.2, 0) is 17.8 Å². The van der Waals surface area contributed by atoms with E-state index in [4.69, 9.17) is 4.74 Å². The first-order valence-electron chi connectivity index (χ1n) is 9.66. The van der Waals surface area contributed by atoms with Crippen molar-refractivity contribution in [1.82, 2.24) is 9.55 Å². The van der Waals surface area contributed by atoms with Gasteiger partial charge in [0.15, 0.2) is 0 Å². The zero-order valence-electron chi connectivity index (χ0n) is 16.4. The van der Waals surface area contributed by atoms with Gasteiger partial charge >= 0.3 is 0 Å². The SMILES string of the molecule is COc1ccc(-c2cc3ncn(CC(=O)N4CCc5ccccc54)c(=O)c3s2)cc1.